The number of benzene rings is 2. The Morgan fingerprint density at radius 3 is 2.32 bits per heavy atom. The van der Waals surface area contributed by atoms with Crippen LogP contribution in [0.3, 0.4) is 0 Å². The van der Waals surface area contributed by atoms with Gasteiger partial charge in [0.05, 0.1) is 17.7 Å². The summed E-state index contributed by atoms with van der Waals surface area (Å²) in [6.07, 6.45) is 2.14. The maximum absolute atomic E-state index is 13.2. The van der Waals surface area contributed by atoms with Gasteiger partial charge < -0.3 is 9.84 Å². The highest BCUT2D eigenvalue weighted by Gasteiger charge is 2.45. The molecule has 1 N–H and O–H groups in total. The van der Waals surface area contributed by atoms with Gasteiger partial charge in [-0.15, -0.1) is 11.8 Å². The third-order valence-corrected chi connectivity index (χ3v) is 5.77. The monoisotopic (exact) mass is 439 g/mol. The third kappa shape index (κ3) is 4.79. The molecule has 1 aliphatic heterocycles. The molecule has 6 heteroatoms. The third-order valence-electron chi connectivity index (χ3n) is 5.03. The zero-order valence-electron chi connectivity index (χ0n) is 18.6. The molecule has 0 saturated heterocycles. The van der Waals surface area contributed by atoms with Gasteiger partial charge in [-0.05, 0) is 56.4 Å². The molecule has 1 aliphatic rings. The van der Waals surface area contributed by atoms with Crippen LogP contribution in [0.1, 0.15) is 45.7 Å². The Kier molecular flexibility index (Phi) is 7.11. The molecule has 1 amide bonds. The minimum absolute atomic E-state index is 0.0834. The molecule has 0 aliphatic carbocycles. The molecule has 0 spiro atoms. The van der Waals surface area contributed by atoms with Gasteiger partial charge in [-0.3, -0.25) is 14.5 Å². The van der Waals surface area contributed by atoms with E-state index < -0.39 is 17.7 Å². The van der Waals surface area contributed by atoms with Crippen molar-refractivity contribution in [1.29, 1.82) is 0 Å². The fraction of sp³-hybridized carbons (Fsp3) is 0.360. The van der Waals surface area contributed by atoms with Crippen LogP contribution in [-0.2, 0) is 9.59 Å². The second-order valence-corrected chi connectivity index (χ2v) is 9.14. The molecule has 0 fully saturated rings. The van der Waals surface area contributed by atoms with Crippen LogP contribution in [0, 0.1) is 5.92 Å². The van der Waals surface area contributed by atoms with E-state index in [1.807, 2.05) is 82.5 Å². The normalized spacial score (nSPS) is 16.5. The summed E-state index contributed by atoms with van der Waals surface area (Å²) in [4.78, 5) is 28.9. The first-order chi connectivity index (χ1) is 14.7. The molecule has 1 heterocycles. The maximum atomic E-state index is 13.2. The second-order valence-electron chi connectivity index (χ2n) is 8.26. The minimum atomic E-state index is -0.756. The van der Waals surface area contributed by atoms with Gasteiger partial charge in [-0.2, -0.15) is 0 Å². The molecule has 0 aromatic heterocycles. The fourth-order valence-electron chi connectivity index (χ4n) is 3.74. The lowest BCUT2D eigenvalue weighted by Crippen LogP contribution is -2.31. The summed E-state index contributed by atoms with van der Waals surface area (Å²) in [6, 6.07) is 14.1. The molecular weight excluding hydrogens is 410 g/mol. The lowest BCUT2D eigenvalue weighted by molar-refractivity contribution is -0.118. The lowest BCUT2D eigenvalue weighted by atomic mass is 9.91. The van der Waals surface area contributed by atoms with Gasteiger partial charge in [-0.1, -0.05) is 32.0 Å². The van der Waals surface area contributed by atoms with Crippen molar-refractivity contribution in [2.75, 3.05) is 11.2 Å². The Hall–Kier alpha value is -2.73. The van der Waals surface area contributed by atoms with Gasteiger partial charge >= 0.3 is 0 Å². The van der Waals surface area contributed by atoms with Crippen molar-refractivity contribution in [1.82, 2.24) is 0 Å². The van der Waals surface area contributed by atoms with E-state index in [9.17, 15) is 14.7 Å². The van der Waals surface area contributed by atoms with Crippen molar-refractivity contribution in [2.24, 2.45) is 5.92 Å². The number of anilines is 1. The predicted octanol–water partition coefficient (Wildman–Crippen LogP) is 5.71. The number of hydrogen-bond donors (Lipinski definition) is 1. The number of carbonyl (C=O) groups is 2. The van der Waals surface area contributed by atoms with Crippen LogP contribution in [-0.4, -0.2) is 29.2 Å². The van der Waals surface area contributed by atoms with Gasteiger partial charge in [0.1, 0.15) is 5.75 Å². The first-order valence-corrected chi connectivity index (χ1v) is 11.7. The first-order valence-electron chi connectivity index (χ1n) is 10.4. The predicted molar refractivity (Wildman–Crippen MR) is 125 cm³/mol. The van der Waals surface area contributed by atoms with E-state index in [4.69, 9.17) is 4.74 Å². The number of Topliss-reactive ketones (excluding diaryl/α,β-unsaturated/α-hetero) is 1. The summed E-state index contributed by atoms with van der Waals surface area (Å²) in [5.41, 5.74) is 1.42. The number of aliphatic hydroxyl groups excluding tert-OH is 1. The summed E-state index contributed by atoms with van der Waals surface area (Å²) in [6.45, 7) is 7.73. The molecule has 1 atom stereocenters. The number of rotatable bonds is 8. The highest BCUT2D eigenvalue weighted by molar-refractivity contribution is 7.98. The average Bonchev–Trinajstić information content (AvgIpc) is 2.98. The van der Waals surface area contributed by atoms with Crippen molar-refractivity contribution >= 4 is 29.1 Å². The second kappa shape index (κ2) is 9.60. The van der Waals surface area contributed by atoms with Gasteiger partial charge in [-0.25, -0.2) is 0 Å². The topological polar surface area (TPSA) is 66.8 Å². The van der Waals surface area contributed by atoms with Crippen LogP contribution < -0.4 is 9.64 Å². The average molecular weight is 440 g/mol. The Morgan fingerprint density at radius 1 is 1.10 bits per heavy atom. The van der Waals surface area contributed by atoms with Crippen LogP contribution in [0.15, 0.2) is 64.8 Å². The highest BCUT2D eigenvalue weighted by atomic mass is 32.2. The van der Waals surface area contributed by atoms with Crippen molar-refractivity contribution in [3.8, 4) is 5.75 Å². The van der Waals surface area contributed by atoms with Gasteiger partial charge in [0.2, 0.25) is 0 Å². The number of ketones is 1. The van der Waals surface area contributed by atoms with E-state index in [0.717, 1.165) is 4.90 Å². The number of para-hydroxylation sites is 1. The number of amides is 1. The molecule has 0 radical (unpaired) electrons. The highest BCUT2D eigenvalue weighted by Crippen LogP contribution is 2.44. The Balaban J connectivity index is 2.17. The molecule has 164 valence electrons. The zero-order chi connectivity index (χ0) is 22.7. The molecule has 0 bridgehead atoms. The van der Waals surface area contributed by atoms with Gasteiger partial charge in [0.25, 0.3) is 5.91 Å². The molecule has 5 nitrogen and oxygen atoms in total. The molecule has 2 aromatic carbocycles. The molecule has 0 saturated carbocycles. The standard InChI is InChI=1S/C25H29NO4S/c1-15(2)14-20(27)22-23(19-8-6-7-9-21(19)30-16(3)4)26(25(29)24(22)28)17-10-12-18(31-5)13-11-17/h6-13,15-16,23,28H,14H2,1-5H3. The van der Waals surface area contributed by atoms with E-state index in [-0.39, 0.29) is 29.8 Å². The van der Waals surface area contributed by atoms with Crippen LogP contribution in [0.25, 0.3) is 0 Å². The largest absolute Gasteiger partial charge is 0.503 e. The smallest absolute Gasteiger partial charge is 0.294 e. The van der Waals surface area contributed by atoms with E-state index in [1.165, 1.54) is 4.90 Å². The Bertz CT molecular complexity index is 995. The molecule has 31 heavy (non-hydrogen) atoms. The Morgan fingerprint density at radius 2 is 1.74 bits per heavy atom. The summed E-state index contributed by atoms with van der Waals surface area (Å²) < 4.78 is 6.00. The number of aliphatic hydroxyl groups is 1. The first kappa shape index (κ1) is 22.9. The summed E-state index contributed by atoms with van der Waals surface area (Å²) in [7, 11) is 0. The van der Waals surface area contributed by atoms with Gasteiger partial charge in [0, 0.05) is 22.6 Å². The summed E-state index contributed by atoms with van der Waals surface area (Å²) in [5, 5.41) is 10.8. The fourth-order valence-corrected chi connectivity index (χ4v) is 4.15. The molecule has 1 unspecified atom stereocenters. The Labute approximate surface area is 188 Å². The van der Waals surface area contributed by atoms with Crippen molar-refractivity contribution in [2.45, 2.75) is 51.2 Å². The van der Waals surface area contributed by atoms with Crippen LogP contribution in [0.2, 0.25) is 0 Å². The summed E-state index contributed by atoms with van der Waals surface area (Å²) >= 11 is 1.60. The number of thioether (sulfide) groups is 1. The van der Waals surface area contributed by atoms with Crippen molar-refractivity contribution < 1.29 is 19.4 Å². The van der Waals surface area contributed by atoms with Crippen LogP contribution in [0.5, 0.6) is 5.75 Å². The van der Waals surface area contributed by atoms with Crippen molar-refractivity contribution in [3.63, 3.8) is 0 Å². The van der Waals surface area contributed by atoms with Crippen LogP contribution >= 0.6 is 11.8 Å². The number of hydrogen-bond acceptors (Lipinski definition) is 5. The molecule has 2 aromatic rings. The lowest BCUT2D eigenvalue weighted by Gasteiger charge is -2.29. The van der Waals surface area contributed by atoms with E-state index in [0.29, 0.717) is 17.0 Å². The number of carbonyl (C=O) groups excluding carboxylic acids is 2. The number of ether oxygens (including phenoxy) is 1. The van der Waals surface area contributed by atoms with E-state index in [2.05, 4.69) is 0 Å². The van der Waals surface area contributed by atoms with Gasteiger partial charge in [0.15, 0.2) is 11.5 Å². The number of nitrogens with zero attached hydrogens (tertiary/aromatic N) is 1. The molecular formula is C25H29NO4S. The van der Waals surface area contributed by atoms with Crippen LogP contribution in [0.4, 0.5) is 5.69 Å². The summed E-state index contributed by atoms with van der Waals surface area (Å²) in [5.74, 6) is -0.600. The van der Waals surface area contributed by atoms with Crippen molar-refractivity contribution in [3.05, 3.63) is 65.4 Å². The zero-order valence-corrected chi connectivity index (χ0v) is 19.4. The SMILES string of the molecule is CSc1ccc(N2C(=O)C(O)=C(C(=O)CC(C)C)C2c2ccccc2OC(C)C)cc1. The van der Waals surface area contributed by atoms with E-state index in [1.54, 1.807) is 11.8 Å². The quantitative estimate of drug-likeness (QED) is 0.534. The maximum Gasteiger partial charge on any atom is 0.294 e. The minimum Gasteiger partial charge on any atom is -0.503 e. The molecule has 3 rings (SSSR count). The van der Waals surface area contributed by atoms with E-state index >= 15 is 0 Å².